The van der Waals surface area contributed by atoms with Gasteiger partial charge in [0.25, 0.3) is 0 Å². The van der Waals surface area contributed by atoms with E-state index in [1.807, 2.05) is 54.7 Å². The summed E-state index contributed by atoms with van der Waals surface area (Å²) in [5.41, 5.74) is 8.55. The number of hydrogen-bond donors (Lipinski definition) is 1. The number of ether oxygens (including phenoxy) is 2. The van der Waals surface area contributed by atoms with Gasteiger partial charge in [-0.15, -0.1) is 0 Å². The Hall–Kier alpha value is -3.54. The van der Waals surface area contributed by atoms with Crippen LogP contribution in [0.5, 0.6) is 11.5 Å². The van der Waals surface area contributed by atoms with Gasteiger partial charge in [-0.1, -0.05) is 18.2 Å². The Morgan fingerprint density at radius 1 is 1.08 bits per heavy atom. The molecule has 0 bridgehead atoms. The minimum atomic E-state index is -0.509. The minimum Gasteiger partial charge on any atom is -0.486 e. The van der Waals surface area contributed by atoms with E-state index in [2.05, 4.69) is 0 Å². The molecule has 0 aliphatic carbocycles. The Bertz CT molecular complexity index is 977. The molecule has 2 N–H and O–H groups in total. The number of hydrogen-bond acceptors (Lipinski definition) is 4. The largest absolute Gasteiger partial charge is 0.486 e. The molecule has 26 heavy (non-hydrogen) atoms. The topological polar surface area (TPSA) is 79.4 Å². The molecule has 1 aromatic heterocycles. The van der Waals surface area contributed by atoms with E-state index in [9.17, 15) is 4.79 Å². The van der Waals surface area contributed by atoms with Crippen LogP contribution in [0.2, 0.25) is 0 Å². The predicted octanol–water partition coefficient (Wildman–Crippen LogP) is 2.81. The number of para-hydroxylation sites is 1. The molecule has 0 saturated heterocycles. The van der Waals surface area contributed by atoms with Gasteiger partial charge in [0.05, 0.1) is 5.69 Å². The van der Waals surface area contributed by atoms with Crippen molar-refractivity contribution in [3.63, 3.8) is 0 Å². The normalized spacial score (nSPS) is 13.1. The zero-order valence-corrected chi connectivity index (χ0v) is 14.0. The highest BCUT2D eigenvalue weighted by atomic mass is 16.6. The van der Waals surface area contributed by atoms with E-state index >= 15 is 0 Å². The molecule has 0 unspecified atom stereocenters. The van der Waals surface area contributed by atoms with Crippen LogP contribution in [0.15, 0.2) is 60.8 Å². The van der Waals surface area contributed by atoms with Gasteiger partial charge in [0.15, 0.2) is 11.5 Å². The zero-order chi connectivity index (χ0) is 17.9. The quantitative estimate of drug-likeness (QED) is 0.736. The van der Waals surface area contributed by atoms with Gasteiger partial charge in [-0.25, -0.2) is 4.68 Å². The first-order chi connectivity index (χ1) is 12.7. The molecule has 0 saturated carbocycles. The number of fused-ring (bicyclic) bond motifs is 1. The first kappa shape index (κ1) is 16.0. The van der Waals surface area contributed by atoms with Crippen molar-refractivity contribution < 1.29 is 14.3 Å². The monoisotopic (exact) mass is 347 g/mol. The number of nitrogens with two attached hydrogens (primary N) is 1. The zero-order valence-electron chi connectivity index (χ0n) is 14.0. The summed E-state index contributed by atoms with van der Waals surface area (Å²) in [4.78, 5) is 11.2. The standard InChI is InChI=1S/C20H17N3O3/c21-19(24)9-7-15-13-23(16-4-2-1-3-5-16)22-20(15)14-6-8-17-18(12-14)26-11-10-25-17/h1-9,12-13H,10-11H2,(H2,21,24)/b9-7+. The van der Waals surface area contributed by atoms with Crippen molar-refractivity contribution in [1.29, 1.82) is 0 Å². The summed E-state index contributed by atoms with van der Waals surface area (Å²) in [6.07, 6.45) is 4.86. The second-order valence-corrected chi connectivity index (χ2v) is 5.81. The van der Waals surface area contributed by atoms with E-state index in [0.29, 0.717) is 19.0 Å². The van der Waals surface area contributed by atoms with Crippen molar-refractivity contribution >= 4 is 12.0 Å². The molecular weight excluding hydrogens is 330 g/mol. The van der Waals surface area contributed by atoms with Crippen LogP contribution in [0, 0.1) is 0 Å². The van der Waals surface area contributed by atoms with Gasteiger partial charge < -0.3 is 15.2 Å². The number of nitrogens with zero attached hydrogens (tertiary/aromatic N) is 2. The van der Waals surface area contributed by atoms with Crippen LogP contribution in [0.25, 0.3) is 23.0 Å². The Morgan fingerprint density at radius 2 is 1.85 bits per heavy atom. The van der Waals surface area contributed by atoms with Crippen LogP contribution >= 0.6 is 0 Å². The van der Waals surface area contributed by atoms with Gasteiger partial charge in [0.1, 0.15) is 18.9 Å². The Kier molecular flexibility index (Phi) is 4.15. The smallest absolute Gasteiger partial charge is 0.241 e. The highest BCUT2D eigenvalue weighted by molar-refractivity contribution is 5.91. The van der Waals surface area contributed by atoms with Crippen molar-refractivity contribution in [2.75, 3.05) is 13.2 Å². The molecule has 1 aliphatic heterocycles. The van der Waals surface area contributed by atoms with Gasteiger partial charge in [-0.2, -0.15) is 5.10 Å². The molecule has 1 aliphatic rings. The van der Waals surface area contributed by atoms with Crippen LogP contribution < -0.4 is 15.2 Å². The van der Waals surface area contributed by atoms with Crippen LogP contribution in [-0.2, 0) is 4.79 Å². The first-order valence-corrected chi connectivity index (χ1v) is 8.23. The molecular formula is C20H17N3O3. The Labute approximate surface area is 150 Å². The lowest BCUT2D eigenvalue weighted by molar-refractivity contribution is -0.113. The number of rotatable bonds is 4. The molecule has 4 rings (SSSR count). The Balaban J connectivity index is 1.81. The number of benzene rings is 2. The van der Waals surface area contributed by atoms with Gasteiger partial charge >= 0.3 is 0 Å². The van der Waals surface area contributed by atoms with Crippen LogP contribution in [0.4, 0.5) is 0 Å². The fourth-order valence-corrected chi connectivity index (χ4v) is 2.81. The highest BCUT2D eigenvalue weighted by Gasteiger charge is 2.16. The van der Waals surface area contributed by atoms with E-state index < -0.39 is 5.91 Å². The van der Waals surface area contributed by atoms with Crippen molar-refractivity contribution in [3.05, 3.63) is 66.4 Å². The number of amides is 1. The summed E-state index contributed by atoms with van der Waals surface area (Å²) in [5, 5.41) is 4.69. The maximum Gasteiger partial charge on any atom is 0.241 e. The number of primary amides is 1. The minimum absolute atomic E-state index is 0.509. The van der Waals surface area contributed by atoms with Crippen molar-refractivity contribution in [3.8, 4) is 28.4 Å². The molecule has 2 aromatic carbocycles. The lowest BCUT2D eigenvalue weighted by Crippen LogP contribution is -2.15. The maximum absolute atomic E-state index is 11.2. The Morgan fingerprint density at radius 3 is 2.62 bits per heavy atom. The fraction of sp³-hybridized carbons (Fsp3) is 0.100. The summed E-state index contributed by atoms with van der Waals surface area (Å²) >= 11 is 0. The second kappa shape index (κ2) is 6.76. The molecule has 0 spiro atoms. The molecule has 1 amide bonds. The second-order valence-electron chi connectivity index (χ2n) is 5.81. The molecule has 6 nitrogen and oxygen atoms in total. The summed E-state index contributed by atoms with van der Waals surface area (Å²) in [6.45, 7) is 1.06. The SMILES string of the molecule is NC(=O)/C=C/c1cn(-c2ccccc2)nc1-c1ccc2c(c1)OCCO2. The van der Waals surface area contributed by atoms with Crippen molar-refractivity contribution in [1.82, 2.24) is 9.78 Å². The summed E-state index contributed by atoms with van der Waals surface area (Å²) in [6, 6.07) is 15.4. The van der Waals surface area contributed by atoms with Crippen LogP contribution in [-0.4, -0.2) is 28.9 Å². The number of carbonyl (C=O) groups excluding carboxylic acids is 1. The van der Waals surface area contributed by atoms with Gasteiger partial charge in [-0.3, -0.25) is 4.79 Å². The molecule has 0 atom stereocenters. The van der Waals surface area contributed by atoms with E-state index in [1.54, 1.807) is 10.8 Å². The van der Waals surface area contributed by atoms with E-state index in [-0.39, 0.29) is 0 Å². The lowest BCUT2D eigenvalue weighted by Gasteiger charge is -2.18. The van der Waals surface area contributed by atoms with Crippen LogP contribution in [0.1, 0.15) is 5.56 Å². The molecule has 0 fully saturated rings. The van der Waals surface area contributed by atoms with E-state index in [4.69, 9.17) is 20.3 Å². The molecule has 3 aromatic rings. The third kappa shape index (κ3) is 3.17. The predicted molar refractivity (Wildman–Crippen MR) is 98.2 cm³/mol. The summed E-state index contributed by atoms with van der Waals surface area (Å²) in [7, 11) is 0. The highest BCUT2D eigenvalue weighted by Crippen LogP contribution is 2.35. The summed E-state index contributed by atoms with van der Waals surface area (Å²) < 4.78 is 13.0. The van der Waals surface area contributed by atoms with Crippen molar-refractivity contribution in [2.24, 2.45) is 5.73 Å². The first-order valence-electron chi connectivity index (χ1n) is 8.23. The summed E-state index contributed by atoms with van der Waals surface area (Å²) in [5.74, 6) is 0.898. The van der Waals surface area contributed by atoms with Gasteiger partial charge in [-0.05, 0) is 36.4 Å². The lowest BCUT2D eigenvalue weighted by atomic mass is 10.1. The van der Waals surface area contributed by atoms with Crippen LogP contribution in [0.3, 0.4) is 0 Å². The van der Waals surface area contributed by atoms with E-state index in [0.717, 1.165) is 28.3 Å². The molecule has 130 valence electrons. The molecule has 0 radical (unpaired) electrons. The molecule has 2 heterocycles. The van der Waals surface area contributed by atoms with Crippen molar-refractivity contribution in [2.45, 2.75) is 0 Å². The average molecular weight is 347 g/mol. The number of aromatic nitrogens is 2. The van der Waals surface area contributed by atoms with E-state index in [1.165, 1.54) is 6.08 Å². The van der Waals surface area contributed by atoms with Gasteiger partial charge in [0, 0.05) is 23.4 Å². The fourth-order valence-electron chi connectivity index (χ4n) is 2.81. The molecule has 6 heteroatoms. The third-order valence-electron chi connectivity index (χ3n) is 4.01. The maximum atomic E-state index is 11.2. The average Bonchev–Trinajstić information content (AvgIpc) is 3.11. The number of carbonyl (C=O) groups is 1. The van der Waals surface area contributed by atoms with Gasteiger partial charge in [0.2, 0.25) is 5.91 Å². The third-order valence-corrected chi connectivity index (χ3v) is 4.01.